The summed E-state index contributed by atoms with van der Waals surface area (Å²) >= 11 is 11.4. The molecular weight excluding hydrogens is 297 g/mol. The number of halogens is 2. The van der Waals surface area contributed by atoms with E-state index in [4.69, 9.17) is 23.8 Å². The number of nitrogens with zero attached hydrogens (tertiary/aromatic N) is 2. The monoisotopic (exact) mass is 311 g/mol. The van der Waals surface area contributed by atoms with Crippen LogP contribution in [0.4, 0.5) is 4.39 Å². The van der Waals surface area contributed by atoms with Crippen LogP contribution in [0, 0.1) is 10.6 Å². The molecule has 1 N–H and O–H groups in total. The van der Waals surface area contributed by atoms with Crippen molar-refractivity contribution in [1.82, 2.24) is 14.5 Å². The highest BCUT2D eigenvalue weighted by Gasteiger charge is 2.38. The highest BCUT2D eigenvalue weighted by atomic mass is 35.5. The van der Waals surface area contributed by atoms with Crippen molar-refractivity contribution < 1.29 is 4.39 Å². The second-order valence-electron chi connectivity index (χ2n) is 5.69. The van der Waals surface area contributed by atoms with Gasteiger partial charge in [-0.2, -0.15) is 0 Å². The molecule has 2 unspecified atom stereocenters. The van der Waals surface area contributed by atoms with Gasteiger partial charge in [0, 0.05) is 18.7 Å². The van der Waals surface area contributed by atoms with E-state index in [1.165, 1.54) is 25.5 Å². The van der Waals surface area contributed by atoms with Crippen LogP contribution in [0.1, 0.15) is 25.3 Å². The average Bonchev–Trinajstić information content (AvgIpc) is 3.05. The van der Waals surface area contributed by atoms with Crippen molar-refractivity contribution >= 4 is 34.9 Å². The van der Waals surface area contributed by atoms with E-state index in [9.17, 15) is 4.39 Å². The number of imidazole rings is 1. The van der Waals surface area contributed by atoms with Gasteiger partial charge in [-0.05, 0) is 44.1 Å². The zero-order valence-electron chi connectivity index (χ0n) is 10.9. The molecule has 20 heavy (non-hydrogen) atoms. The molecule has 0 radical (unpaired) electrons. The van der Waals surface area contributed by atoms with Crippen molar-refractivity contribution in [3.63, 3.8) is 0 Å². The summed E-state index contributed by atoms with van der Waals surface area (Å²) in [5, 5.41) is 0.154. The first-order valence-corrected chi connectivity index (χ1v) is 7.77. The molecule has 3 nitrogen and oxygen atoms in total. The summed E-state index contributed by atoms with van der Waals surface area (Å²) in [6.07, 6.45) is 3.57. The van der Waals surface area contributed by atoms with Crippen LogP contribution in [0.25, 0.3) is 11.0 Å². The maximum atomic E-state index is 13.6. The highest BCUT2D eigenvalue weighted by Crippen LogP contribution is 2.38. The molecule has 2 atom stereocenters. The summed E-state index contributed by atoms with van der Waals surface area (Å²) in [4.78, 5) is 5.65. The lowest BCUT2D eigenvalue weighted by molar-refractivity contribution is 0.291. The van der Waals surface area contributed by atoms with Gasteiger partial charge in [0.2, 0.25) is 0 Å². The molecule has 0 amide bonds. The van der Waals surface area contributed by atoms with Crippen LogP contribution >= 0.6 is 23.8 Å². The van der Waals surface area contributed by atoms with Gasteiger partial charge in [-0.3, -0.25) is 4.90 Å². The minimum atomic E-state index is -0.406. The van der Waals surface area contributed by atoms with Gasteiger partial charge in [-0.25, -0.2) is 4.39 Å². The minimum absolute atomic E-state index is 0.154. The molecule has 2 fully saturated rings. The second-order valence-corrected chi connectivity index (χ2v) is 6.48. The van der Waals surface area contributed by atoms with Crippen molar-refractivity contribution in [1.29, 1.82) is 0 Å². The SMILES string of the molecule is Fc1cc2[nH]c(=S)n(C3CCN4CCCC34)c2cc1Cl. The molecule has 2 saturated heterocycles. The van der Waals surface area contributed by atoms with Crippen molar-refractivity contribution in [3.8, 4) is 0 Å². The molecule has 0 spiro atoms. The number of fused-ring (bicyclic) bond motifs is 2. The van der Waals surface area contributed by atoms with E-state index in [0.717, 1.165) is 24.0 Å². The van der Waals surface area contributed by atoms with E-state index < -0.39 is 5.82 Å². The molecule has 0 bridgehead atoms. The minimum Gasteiger partial charge on any atom is -0.330 e. The van der Waals surface area contributed by atoms with E-state index in [1.807, 2.05) is 0 Å². The fraction of sp³-hybridized carbons (Fsp3) is 0.500. The fourth-order valence-electron chi connectivity index (χ4n) is 3.81. The predicted octanol–water partition coefficient (Wildman–Crippen LogP) is 3.90. The van der Waals surface area contributed by atoms with Crippen molar-refractivity contribution in [2.24, 2.45) is 0 Å². The normalized spacial score (nSPS) is 26.5. The molecule has 106 valence electrons. The van der Waals surface area contributed by atoms with E-state index in [-0.39, 0.29) is 5.02 Å². The first kappa shape index (κ1) is 12.8. The van der Waals surface area contributed by atoms with Gasteiger partial charge < -0.3 is 9.55 Å². The Kier molecular flexibility index (Phi) is 2.91. The molecule has 2 aliphatic heterocycles. The van der Waals surface area contributed by atoms with Crippen molar-refractivity contribution in [2.45, 2.75) is 31.3 Å². The summed E-state index contributed by atoms with van der Waals surface area (Å²) in [7, 11) is 0. The largest absolute Gasteiger partial charge is 0.330 e. The summed E-state index contributed by atoms with van der Waals surface area (Å²) in [5.74, 6) is -0.406. The number of H-pyrrole nitrogens is 1. The smallest absolute Gasteiger partial charge is 0.178 e. The lowest BCUT2D eigenvalue weighted by atomic mass is 10.1. The van der Waals surface area contributed by atoms with E-state index in [0.29, 0.717) is 16.9 Å². The van der Waals surface area contributed by atoms with Gasteiger partial charge >= 0.3 is 0 Å². The molecule has 2 aliphatic rings. The topological polar surface area (TPSA) is 24.0 Å². The number of benzene rings is 1. The second kappa shape index (κ2) is 4.55. The van der Waals surface area contributed by atoms with Gasteiger partial charge in [-0.15, -0.1) is 0 Å². The predicted molar refractivity (Wildman–Crippen MR) is 80.3 cm³/mol. The van der Waals surface area contributed by atoms with Crippen LogP contribution in [-0.2, 0) is 0 Å². The fourth-order valence-corrected chi connectivity index (χ4v) is 4.31. The van der Waals surface area contributed by atoms with Gasteiger partial charge in [-0.1, -0.05) is 11.6 Å². The molecule has 0 saturated carbocycles. The maximum Gasteiger partial charge on any atom is 0.178 e. The zero-order chi connectivity index (χ0) is 13.9. The molecule has 6 heteroatoms. The van der Waals surface area contributed by atoms with E-state index >= 15 is 0 Å². The van der Waals surface area contributed by atoms with Crippen LogP contribution in [0.2, 0.25) is 5.02 Å². The molecular formula is C14H15ClFN3S. The molecule has 1 aromatic carbocycles. The molecule has 1 aromatic heterocycles. The van der Waals surface area contributed by atoms with Gasteiger partial charge in [0.05, 0.1) is 22.1 Å². The third kappa shape index (κ3) is 1.76. The van der Waals surface area contributed by atoms with E-state index in [2.05, 4.69) is 14.5 Å². The Bertz CT molecular complexity index is 738. The number of aromatic nitrogens is 2. The molecule has 0 aliphatic carbocycles. The first-order chi connectivity index (χ1) is 9.65. The third-order valence-electron chi connectivity index (χ3n) is 4.66. The quantitative estimate of drug-likeness (QED) is 0.808. The third-order valence-corrected chi connectivity index (χ3v) is 5.25. The Labute approximate surface area is 126 Å². The lowest BCUT2D eigenvalue weighted by Crippen LogP contribution is -2.27. The van der Waals surface area contributed by atoms with E-state index in [1.54, 1.807) is 6.07 Å². The Morgan fingerprint density at radius 2 is 2.10 bits per heavy atom. The van der Waals surface area contributed by atoms with Crippen LogP contribution in [-0.4, -0.2) is 33.6 Å². The molecule has 2 aromatic rings. The Hall–Kier alpha value is -0.910. The number of nitrogens with one attached hydrogen (secondary N) is 1. The van der Waals surface area contributed by atoms with Gasteiger partial charge in [0.15, 0.2) is 4.77 Å². The highest BCUT2D eigenvalue weighted by molar-refractivity contribution is 7.71. The zero-order valence-corrected chi connectivity index (χ0v) is 12.5. The van der Waals surface area contributed by atoms with Crippen LogP contribution in [0.15, 0.2) is 12.1 Å². The number of hydrogen-bond donors (Lipinski definition) is 1. The maximum absolute atomic E-state index is 13.6. The lowest BCUT2D eigenvalue weighted by Gasteiger charge is -2.22. The Morgan fingerprint density at radius 1 is 1.25 bits per heavy atom. The van der Waals surface area contributed by atoms with Crippen LogP contribution < -0.4 is 0 Å². The number of rotatable bonds is 1. The summed E-state index contributed by atoms with van der Waals surface area (Å²) in [6.45, 7) is 2.31. The summed E-state index contributed by atoms with van der Waals surface area (Å²) < 4.78 is 16.4. The number of hydrogen-bond acceptors (Lipinski definition) is 2. The van der Waals surface area contributed by atoms with Gasteiger partial charge in [0.1, 0.15) is 5.82 Å². The molecule has 3 heterocycles. The van der Waals surface area contributed by atoms with Crippen LogP contribution in [0.3, 0.4) is 0 Å². The average molecular weight is 312 g/mol. The van der Waals surface area contributed by atoms with Crippen molar-refractivity contribution in [2.75, 3.05) is 13.1 Å². The summed E-state index contributed by atoms with van der Waals surface area (Å²) in [5.41, 5.74) is 1.65. The first-order valence-electron chi connectivity index (χ1n) is 6.98. The summed E-state index contributed by atoms with van der Waals surface area (Å²) in [6, 6.07) is 4.06. The van der Waals surface area contributed by atoms with Gasteiger partial charge in [0.25, 0.3) is 0 Å². The Balaban J connectivity index is 1.89. The number of aromatic amines is 1. The van der Waals surface area contributed by atoms with Crippen molar-refractivity contribution in [3.05, 3.63) is 27.7 Å². The molecule has 4 rings (SSSR count). The Morgan fingerprint density at radius 3 is 2.95 bits per heavy atom. The standard InChI is InChI=1S/C14H15ClFN3S/c15-8-6-13-10(7-9(8)16)17-14(20)19(13)12-3-5-18-4-1-2-11(12)18/h6-7,11-12H,1-5H2,(H,17,20). The van der Waals surface area contributed by atoms with Crippen LogP contribution in [0.5, 0.6) is 0 Å².